The van der Waals surface area contributed by atoms with Crippen molar-refractivity contribution in [1.82, 2.24) is 0 Å². The van der Waals surface area contributed by atoms with Crippen LogP contribution in [0.5, 0.6) is 0 Å². The molecule has 2 heterocycles. The van der Waals surface area contributed by atoms with Crippen molar-refractivity contribution in [2.45, 2.75) is 12.5 Å². The summed E-state index contributed by atoms with van der Waals surface area (Å²) in [5.74, 6) is 0.793. The van der Waals surface area contributed by atoms with Gasteiger partial charge in [-0.15, -0.1) is 0 Å². The average molecular weight is 383 g/mol. The molecule has 2 unspecified atom stereocenters. The average Bonchev–Trinajstić information content (AvgIpc) is 2.83. The van der Waals surface area contributed by atoms with Gasteiger partial charge in [0.05, 0.1) is 29.6 Å². The Hall–Kier alpha value is -1.83. The predicted molar refractivity (Wildman–Crippen MR) is 98.6 cm³/mol. The molecule has 2 fully saturated rings. The Morgan fingerprint density at radius 1 is 1.40 bits per heavy atom. The van der Waals surface area contributed by atoms with E-state index in [2.05, 4.69) is 22.4 Å². The van der Waals surface area contributed by atoms with Crippen LogP contribution in [-0.2, 0) is 15.5 Å². The van der Waals surface area contributed by atoms with Gasteiger partial charge in [0.1, 0.15) is 11.9 Å². The highest BCUT2D eigenvalue weighted by Crippen LogP contribution is 2.28. The molecule has 0 bridgehead atoms. The summed E-state index contributed by atoms with van der Waals surface area (Å²) in [6.45, 7) is 1.77. The number of isothiocyanates is 1. The van der Waals surface area contributed by atoms with Crippen LogP contribution in [0.2, 0.25) is 0 Å². The Morgan fingerprint density at radius 3 is 3.00 bits per heavy atom. The molecule has 1 aromatic carbocycles. The molecule has 9 heteroatoms. The van der Waals surface area contributed by atoms with E-state index in [1.807, 2.05) is 4.90 Å². The van der Waals surface area contributed by atoms with Gasteiger partial charge in [-0.25, -0.2) is 14.2 Å². The van der Waals surface area contributed by atoms with E-state index in [9.17, 15) is 13.4 Å². The Bertz CT molecular complexity index is 739. The summed E-state index contributed by atoms with van der Waals surface area (Å²) in [6.07, 6.45) is -0.165. The molecule has 1 amide bonds. The van der Waals surface area contributed by atoms with Crippen LogP contribution in [0.1, 0.15) is 6.42 Å². The summed E-state index contributed by atoms with van der Waals surface area (Å²) in [7, 11) is -0.832. The van der Waals surface area contributed by atoms with Gasteiger partial charge in [0.2, 0.25) is 0 Å². The van der Waals surface area contributed by atoms with E-state index < -0.39 is 28.8 Å². The quantitative estimate of drug-likeness (QED) is 0.589. The number of carbonyl (C=O) groups is 1. The molecule has 0 aliphatic carbocycles. The summed E-state index contributed by atoms with van der Waals surface area (Å²) < 4.78 is 31.4. The zero-order chi connectivity index (χ0) is 17.8. The number of benzene rings is 1. The number of cyclic esters (lactones) is 1. The molecule has 0 aromatic heterocycles. The number of hydrogen-bond donors (Lipinski definition) is 0. The third-order valence-corrected chi connectivity index (χ3v) is 5.72. The number of ether oxygens (including phenoxy) is 1. The Labute approximate surface area is 153 Å². The van der Waals surface area contributed by atoms with Gasteiger partial charge in [0, 0.05) is 35.4 Å². The third kappa shape index (κ3) is 4.23. The summed E-state index contributed by atoms with van der Waals surface area (Å²) in [4.78, 5) is 19.0. The second kappa shape index (κ2) is 8.03. The first-order valence-corrected chi connectivity index (χ1v) is 9.89. The van der Waals surface area contributed by atoms with Crippen molar-refractivity contribution in [3.05, 3.63) is 24.0 Å². The smallest absolute Gasteiger partial charge is 0.414 e. The van der Waals surface area contributed by atoms with Gasteiger partial charge in [-0.3, -0.25) is 9.11 Å². The Balaban J connectivity index is 1.74. The fourth-order valence-corrected chi connectivity index (χ4v) is 4.12. The summed E-state index contributed by atoms with van der Waals surface area (Å²) in [5, 5.41) is 2.24. The molecule has 0 radical (unpaired) electrons. The van der Waals surface area contributed by atoms with E-state index in [4.69, 9.17) is 4.74 Å². The van der Waals surface area contributed by atoms with Crippen molar-refractivity contribution in [1.29, 1.82) is 0 Å². The topological polar surface area (TPSA) is 62.2 Å². The number of aliphatic imine (C=N–C) groups is 1. The van der Waals surface area contributed by atoms with Gasteiger partial charge in [-0.1, -0.05) is 0 Å². The van der Waals surface area contributed by atoms with E-state index in [1.54, 1.807) is 12.1 Å². The zero-order valence-corrected chi connectivity index (χ0v) is 15.2. The van der Waals surface area contributed by atoms with E-state index in [-0.39, 0.29) is 6.54 Å². The number of thiocarbonyl (C=S) groups is 1. The maximum Gasteiger partial charge on any atom is 0.414 e. The van der Waals surface area contributed by atoms with Gasteiger partial charge in [0.25, 0.3) is 0 Å². The van der Waals surface area contributed by atoms with Gasteiger partial charge in [-0.05, 0) is 36.8 Å². The first kappa shape index (κ1) is 18.0. The highest BCUT2D eigenvalue weighted by Gasteiger charge is 2.32. The largest absolute Gasteiger partial charge is 0.442 e. The van der Waals surface area contributed by atoms with Gasteiger partial charge >= 0.3 is 6.09 Å². The molecule has 1 aromatic rings. The number of hydrogen-bond acceptors (Lipinski definition) is 6. The van der Waals surface area contributed by atoms with E-state index in [1.165, 1.54) is 11.0 Å². The number of nitrogens with zero attached hydrogens (tertiary/aromatic N) is 3. The van der Waals surface area contributed by atoms with Crippen molar-refractivity contribution >= 4 is 45.6 Å². The lowest BCUT2D eigenvalue weighted by molar-refractivity contribution is 0.145. The number of rotatable bonds is 4. The highest BCUT2D eigenvalue weighted by atomic mass is 32.2. The van der Waals surface area contributed by atoms with Crippen LogP contribution in [0, 0.1) is 5.82 Å². The molecule has 25 heavy (non-hydrogen) atoms. The van der Waals surface area contributed by atoms with Gasteiger partial charge < -0.3 is 9.64 Å². The summed E-state index contributed by atoms with van der Waals surface area (Å²) in [6, 6.07) is 4.70. The molecular weight excluding hydrogens is 365 g/mol. The number of carbonyl (C=O) groups excluding carboxylic acids is 1. The predicted octanol–water partition coefficient (Wildman–Crippen LogP) is 2.21. The maximum absolute atomic E-state index is 14.6. The molecule has 0 saturated carbocycles. The van der Waals surface area contributed by atoms with Crippen LogP contribution < -0.4 is 9.80 Å². The Kier molecular flexibility index (Phi) is 5.78. The molecule has 0 N–H and O–H groups in total. The van der Waals surface area contributed by atoms with Crippen LogP contribution in [0.15, 0.2) is 23.2 Å². The van der Waals surface area contributed by atoms with E-state index in [0.717, 1.165) is 6.42 Å². The minimum Gasteiger partial charge on any atom is -0.442 e. The lowest BCUT2D eigenvalue weighted by Crippen LogP contribution is -2.28. The SMILES string of the molecule is O=C1OC(CN=C=S)CN1c1ccc(N2CCCS(=O)CC2)c(F)c1. The molecule has 2 atom stereocenters. The number of anilines is 2. The molecular formula is C16H18FN3O3S2. The standard InChI is InChI=1S/C16H18FN3O3S2/c17-14-8-12(20-10-13(9-18-11-24)23-16(20)21)2-3-15(14)19-4-1-6-25(22)7-5-19/h2-3,8,13H,1,4-7,9-10H2. The fraction of sp³-hybridized carbons (Fsp3) is 0.500. The van der Waals surface area contributed by atoms with Crippen LogP contribution in [-0.4, -0.2) is 59.3 Å². The van der Waals surface area contributed by atoms with Crippen molar-refractivity contribution in [3.63, 3.8) is 0 Å². The first-order valence-electron chi connectivity index (χ1n) is 7.99. The van der Waals surface area contributed by atoms with Gasteiger partial charge in [-0.2, -0.15) is 0 Å². The number of amides is 1. The van der Waals surface area contributed by atoms with Gasteiger partial charge in [0.15, 0.2) is 0 Å². The lowest BCUT2D eigenvalue weighted by Gasteiger charge is -2.23. The Morgan fingerprint density at radius 2 is 2.24 bits per heavy atom. The molecule has 134 valence electrons. The maximum atomic E-state index is 14.6. The highest BCUT2D eigenvalue weighted by molar-refractivity contribution is 7.85. The molecule has 6 nitrogen and oxygen atoms in total. The van der Waals surface area contributed by atoms with E-state index >= 15 is 0 Å². The van der Waals surface area contributed by atoms with Crippen molar-refractivity contribution in [2.75, 3.05) is 47.5 Å². The van der Waals surface area contributed by atoms with E-state index in [0.29, 0.717) is 42.5 Å². The normalized spacial score (nSPS) is 23.8. The first-order chi connectivity index (χ1) is 12.1. The van der Waals surface area contributed by atoms with Crippen LogP contribution in [0.25, 0.3) is 0 Å². The van der Waals surface area contributed by atoms with Crippen molar-refractivity contribution in [3.8, 4) is 0 Å². The monoisotopic (exact) mass is 383 g/mol. The number of halogens is 1. The zero-order valence-electron chi connectivity index (χ0n) is 13.5. The second-order valence-corrected chi connectivity index (χ2v) is 7.75. The van der Waals surface area contributed by atoms with Crippen LogP contribution in [0.4, 0.5) is 20.6 Å². The molecule has 2 aliphatic rings. The van der Waals surface area contributed by atoms with Crippen LogP contribution >= 0.6 is 12.2 Å². The molecule has 2 saturated heterocycles. The van der Waals surface area contributed by atoms with Crippen molar-refractivity contribution in [2.24, 2.45) is 4.99 Å². The fourth-order valence-electron chi connectivity index (χ4n) is 2.97. The molecule has 0 spiro atoms. The molecule has 3 rings (SSSR count). The summed E-state index contributed by atoms with van der Waals surface area (Å²) >= 11 is 4.51. The van der Waals surface area contributed by atoms with Crippen LogP contribution in [0.3, 0.4) is 0 Å². The molecule has 2 aliphatic heterocycles. The summed E-state index contributed by atoms with van der Waals surface area (Å²) in [5.41, 5.74) is 0.913. The lowest BCUT2D eigenvalue weighted by atomic mass is 10.2. The second-order valence-electron chi connectivity index (χ2n) is 5.87. The minimum atomic E-state index is -0.832. The minimum absolute atomic E-state index is 0.247. The van der Waals surface area contributed by atoms with Crippen molar-refractivity contribution < 1.29 is 18.1 Å². The third-order valence-electron chi connectivity index (χ3n) is 4.21.